The molecule has 3 N–H and O–H groups in total. The van der Waals surface area contributed by atoms with E-state index in [1.54, 1.807) is 6.26 Å². The number of furan rings is 1. The third-order valence-electron chi connectivity index (χ3n) is 5.63. The highest BCUT2D eigenvalue weighted by Gasteiger charge is 2.43. The van der Waals surface area contributed by atoms with E-state index in [-0.39, 0.29) is 24.2 Å². The maximum atomic E-state index is 12.2. The third-order valence-corrected chi connectivity index (χ3v) is 5.63. The summed E-state index contributed by atoms with van der Waals surface area (Å²) >= 11 is 0. The SMILES string of the molecule is O=C(CCC1=NNC2C3CC(c4ccccc4)NN3C=CN12)NCc1ccco1. The molecule has 0 radical (unpaired) electrons. The van der Waals surface area contributed by atoms with Crippen molar-refractivity contribution in [1.29, 1.82) is 0 Å². The Bertz CT molecular complexity index is 911. The van der Waals surface area contributed by atoms with Crippen molar-refractivity contribution in [3.8, 4) is 0 Å². The zero-order valence-corrected chi connectivity index (χ0v) is 16.0. The summed E-state index contributed by atoms with van der Waals surface area (Å²) in [7, 11) is 0. The van der Waals surface area contributed by atoms with Gasteiger partial charge in [0, 0.05) is 25.2 Å². The largest absolute Gasteiger partial charge is 0.467 e. The van der Waals surface area contributed by atoms with Gasteiger partial charge in [0.15, 0.2) is 0 Å². The second kappa shape index (κ2) is 7.63. The van der Waals surface area contributed by atoms with Crippen molar-refractivity contribution >= 4 is 11.7 Å². The maximum Gasteiger partial charge on any atom is 0.220 e. The number of hydrazone groups is 1. The molecule has 8 heteroatoms. The first-order valence-corrected chi connectivity index (χ1v) is 9.95. The number of nitrogens with zero attached hydrogens (tertiary/aromatic N) is 3. The smallest absolute Gasteiger partial charge is 0.220 e. The second-order valence-electron chi connectivity index (χ2n) is 7.47. The Kier molecular flexibility index (Phi) is 4.69. The topological polar surface area (TPSA) is 85.1 Å². The molecule has 4 heterocycles. The average molecular weight is 392 g/mol. The molecule has 3 unspecified atom stereocenters. The van der Waals surface area contributed by atoms with E-state index in [4.69, 9.17) is 4.42 Å². The van der Waals surface area contributed by atoms with Gasteiger partial charge in [0.05, 0.1) is 24.9 Å². The quantitative estimate of drug-likeness (QED) is 0.698. The summed E-state index contributed by atoms with van der Waals surface area (Å²) in [5.41, 5.74) is 8.12. The number of amides is 1. The Morgan fingerprint density at radius 1 is 1.21 bits per heavy atom. The van der Waals surface area contributed by atoms with Gasteiger partial charge in [0.1, 0.15) is 17.8 Å². The number of benzene rings is 1. The number of hydrazine groups is 1. The second-order valence-corrected chi connectivity index (χ2v) is 7.47. The molecule has 1 aromatic carbocycles. The standard InChI is InChI=1S/C21H24N6O2/c28-20(22-14-16-7-4-12-29-16)9-8-19-23-24-21-18-13-17(15-5-2-1-3-6-15)25-27(18)11-10-26(19)21/h1-7,10-12,17-18,21,24-25H,8-9,13-14H2,(H,22,28). The van der Waals surface area contributed by atoms with Gasteiger partial charge < -0.3 is 19.6 Å². The fourth-order valence-corrected chi connectivity index (χ4v) is 4.13. The van der Waals surface area contributed by atoms with Crippen molar-refractivity contribution in [3.63, 3.8) is 0 Å². The minimum atomic E-state index is -0.0122. The normalized spacial score (nSPS) is 24.7. The van der Waals surface area contributed by atoms with Gasteiger partial charge in [-0.05, 0) is 24.1 Å². The highest BCUT2D eigenvalue weighted by Crippen LogP contribution is 2.34. The van der Waals surface area contributed by atoms with Crippen LogP contribution in [0.5, 0.6) is 0 Å². The van der Waals surface area contributed by atoms with Gasteiger partial charge in [-0.25, -0.2) is 5.43 Å². The summed E-state index contributed by atoms with van der Waals surface area (Å²) < 4.78 is 5.24. The van der Waals surface area contributed by atoms with Gasteiger partial charge in [-0.2, -0.15) is 5.10 Å². The number of nitrogens with one attached hydrogen (secondary N) is 3. The van der Waals surface area contributed by atoms with Crippen LogP contribution in [-0.2, 0) is 11.3 Å². The Morgan fingerprint density at radius 3 is 2.93 bits per heavy atom. The van der Waals surface area contributed by atoms with Crippen LogP contribution in [0.25, 0.3) is 0 Å². The molecule has 0 bridgehead atoms. The molecular formula is C21H24N6O2. The monoisotopic (exact) mass is 392 g/mol. The lowest BCUT2D eigenvalue weighted by molar-refractivity contribution is -0.121. The van der Waals surface area contributed by atoms with Crippen LogP contribution in [0, 0.1) is 0 Å². The molecule has 1 fully saturated rings. The summed E-state index contributed by atoms with van der Waals surface area (Å²) in [5, 5.41) is 9.55. The highest BCUT2D eigenvalue weighted by molar-refractivity contribution is 5.89. The molecule has 3 atom stereocenters. The minimum Gasteiger partial charge on any atom is -0.467 e. The third kappa shape index (κ3) is 3.58. The molecule has 0 spiro atoms. The van der Waals surface area contributed by atoms with Crippen molar-refractivity contribution in [2.75, 3.05) is 0 Å². The van der Waals surface area contributed by atoms with Crippen LogP contribution in [0.2, 0.25) is 0 Å². The number of carbonyl (C=O) groups excluding carboxylic acids is 1. The van der Waals surface area contributed by atoms with Crippen LogP contribution in [0.1, 0.15) is 36.6 Å². The molecule has 3 aliphatic heterocycles. The number of hydrogen-bond donors (Lipinski definition) is 3. The van der Waals surface area contributed by atoms with Crippen molar-refractivity contribution in [3.05, 3.63) is 72.5 Å². The van der Waals surface area contributed by atoms with Gasteiger partial charge in [-0.1, -0.05) is 30.3 Å². The first kappa shape index (κ1) is 17.8. The fourth-order valence-electron chi connectivity index (χ4n) is 4.13. The zero-order valence-electron chi connectivity index (χ0n) is 16.0. The molecule has 2 aromatic rings. The average Bonchev–Trinajstić information content (AvgIpc) is 3.50. The number of hydrogen-bond acceptors (Lipinski definition) is 7. The Morgan fingerprint density at radius 2 is 2.10 bits per heavy atom. The lowest BCUT2D eigenvalue weighted by Gasteiger charge is -2.37. The molecule has 3 aliphatic rings. The number of amidine groups is 1. The van der Waals surface area contributed by atoms with Crippen molar-refractivity contribution in [2.45, 2.75) is 44.1 Å². The molecule has 29 heavy (non-hydrogen) atoms. The maximum absolute atomic E-state index is 12.2. The lowest BCUT2D eigenvalue weighted by Crippen LogP contribution is -2.54. The minimum absolute atomic E-state index is 0.0122. The molecule has 1 aromatic heterocycles. The van der Waals surface area contributed by atoms with Gasteiger partial charge in [0.2, 0.25) is 5.91 Å². The molecular weight excluding hydrogens is 368 g/mol. The summed E-state index contributed by atoms with van der Waals surface area (Å²) in [6.45, 7) is 0.409. The summed E-state index contributed by atoms with van der Waals surface area (Å²) in [6.07, 6.45) is 7.71. The lowest BCUT2D eigenvalue weighted by atomic mass is 10.00. The van der Waals surface area contributed by atoms with Gasteiger partial charge in [-0.15, -0.1) is 0 Å². The highest BCUT2D eigenvalue weighted by atomic mass is 16.3. The van der Waals surface area contributed by atoms with Crippen LogP contribution in [-0.4, -0.2) is 33.9 Å². The van der Waals surface area contributed by atoms with Crippen LogP contribution < -0.4 is 16.2 Å². The molecule has 1 saturated heterocycles. The first-order valence-electron chi connectivity index (χ1n) is 9.95. The van der Waals surface area contributed by atoms with Crippen molar-refractivity contribution in [1.82, 2.24) is 26.1 Å². The Labute approximate surface area is 169 Å². The van der Waals surface area contributed by atoms with Crippen LogP contribution in [0.3, 0.4) is 0 Å². The summed E-state index contributed by atoms with van der Waals surface area (Å²) in [4.78, 5) is 14.3. The molecule has 5 rings (SSSR count). The summed E-state index contributed by atoms with van der Waals surface area (Å²) in [5.74, 6) is 1.63. The number of fused-ring (bicyclic) bond motifs is 3. The Hall–Kier alpha value is -3.26. The number of carbonyl (C=O) groups is 1. The van der Waals surface area contributed by atoms with E-state index in [1.165, 1.54) is 5.56 Å². The first-order chi connectivity index (χ1) is 14.3. The van der Waals surface area contributed by atoms with Crippen molar-refractivity contribution < 1.29 is 9.21 Å². The predicted molar refractivity (Wildman–Crippen MR) is 108 cm³/mol. The van der Waals surface area contributed by atoms with Crippen molar-refractivity contribution in [2.24, 2.45) is 5.10 Å². The van der Waals surface area contributed by atoms with Gasteiger partial charge >= 0.3 is 0 Å². The fraction of sp³-hybridized carbons (Fsp3) is 0.333. The van der Waals surface area contributed by atoms with Gasteiger partial charge in [0.25, 0.3) is 0 Å². The van der Waals surface area contributed by atoms with E-state index < -0.39 is 0 Å². The van der Waals surface area contributed by atoms with Crippen LogP contribution in [0.15, 0.2) is 70.6 Å². The summed E-state index contributed by atoms with van der Waals surface area (Å²) in [6, 6.07) is 14.7. The van der Waals surface area contributed by atoms with Crippen LogP contribution >= 0.6 is 0 Å². The van der Waals surface area contributed by atoms with E-state index in [1.807, 2.05) is 24.4 Å². The van der Waals surface area contributed by atoms with E-state index >= 15 is 0 Å². The number of rotatable bonds is 6. The molecule has 0 aliphatic carbocycles. The Balaban J connectivity index is 1.16. The molecule has 0 saturated carbocycles. The van der Waals surface area contributed by atoms with E-state index in [9.17, 15) is 4.79 Å². The molecule has 8 nitrogen and oxygen atoms in total. The van der Waals surface area contributed by atoms with E-state index in [0.29, 0.717) is 19.4 Å². The molecule has 1 amide bonds. The van der Waals surface area contributed by atoms with Gasteiger partial charge in [-0.3, -0.25) is 10.2 Å². The van der Waals surface area contributed by atoms with E-state index in [2.05, 4.69) is 61.6 Å². The van der Waals surface area contributed by atoms with E-state index in [0.717, 1.165) is 18.0 Å². The van der Waals surface area contributed by atoms with Crippen LogP contribution in [0.4, 0.5) is 0 Å². The zero-order chi connectivity index (χ0) is 19.6. The molecule has 150 valence electrons. The predicted octanol–water partition coefficient (Wildman–Crippen LogP) is 2.03.